The molecular weight excluding hydrogens is 1190 g/mol. The van der Waals surface area contributed by atoms with Crippen LogP contribution in [0.25, 0.3) is 27.9 Å². The number of carbonyl (C=O) groups excluding carboxylic acids is 1. The van der Waals surface area contributed by atoms with Crippen LogP contribution in [0.5, 0.6) is 0 Å². The van der Waals surface area contributed by atoms with Gasteiger partial charge in [-0.25, -0.2) is 0 Å². The fourth-order valence-corrected chi connectivity index (χ4v) is 8.66. The number of anilines is 2. The first kappa shape index (κ1) is 66.3. The van der Waals surface area contributed by atoms with Gasteiger partial charge in [0.15, 0.2) is 0 Å². The number of aryl methyl sites for hydroxylation is 2. The van der Waals surface area contributed by atoms with Gasteiger partial charge in [0, 0.05) is 63.1 Å². The first-order chi connectivity index (χ1) is 37.2. The predicted molar refractivity (Wildman–Crippen MR) is 326 cm³/mol. The summed E-state index contributed by atoms with van der Waals surface area (Å²) in [6, 6.07) is 45.6. The molecule has 1 amide bonds. The van der Waals surface area contributed by atoms with Crippen LogP contribution in [0.2, 0.25) is 0 Å². The quantitative estimate of drug-likeness (QED) is 0.0489. The minimum atomic E-state index is -0.798. The number of hydrogen-bond donors (Lipinski definition) is 4. The van der Waals surface area contributed by atoms with Crippen molar-refractivity contribution in [2.75, 3.05) is 11.1 Å². The van der Waals surface area contributed by atoms with Crippen LogP contribution in [0.1, 0.15) is 173 Å². The summed E-state index contributed by atoms with van der Waals surface area (Å²) in [5, 5.41) is 22.3. The molecule has 5 aromatic carbocycles. The van der Waals surface area contributed by atoms with Crippen molar-refractivity contribution in [1.29, 1.82) is 1.34 Å². The fraction of sp³-hybridized carbons (Fsp3) is 0.388. The Morgan fingerprint density at radius 1 is 0.590 bits per heavy atom. The van der Waals surface area contributed by atoms with Crippen molar-refractivity contribution in [1.82, 2.24) is 9.97 Å². The van der Waals surface area contributed by atoms with E-state index in [4.69, 9.17) is 17.3 Å². The van der Waals surface area contributed by atoms with E-state index in [0.29, 0.717) is 18.5 Å². The van der Waals surface area contributed by atoms with Gasteiger partial charge in [-0.2, -0.15) is 0 Å². The molecule has 0 atom stereocenters. The first-order valence-electron chi connectivity index (χ1n) is 28.0. The molecule has 2 aromatic heterocycles. The number of nitrogen functional groups attached to an aromatic ring is 1. The number of nitrogens with zero attached hydrogens (tertiary/aromatic N) is 2. The summed E-state index contributed by atoms with van der Waals surface area (Å²) in [5.74, 6) is -1.47. The van der Waals surface area contributed by atoms with E-state index < -0.39 is 11.9 Å². The number of carboxylic acid groups (broad SMARTS) is 2. The predicted octanol–water partition coefficient (Wildman–Crippen LogP) is 16.3. The second-order valence-electron chi connectivity index (χ2n) is 21.8. The Labute approximate surface area is 494 Å². The number of fused-ring (bicyclic) bond motifs is 2. The molecule has 0 spiro atoms. The summed E-state index contributed by atoms with van der Waals surface area (Å²) in [4.78, 5) is 41.7. The second kappa shape index (κ2) is 34.8. The monoisotopic (exact) mass is 1280 g/mol. The number of para-hydroxylation sites is 2. The number of aliphatic carboxylic acids is 2. The number of nitrogens with one attached hydrogen (secondary N) is 1. The van der Waals surface area contributed by atoms with Gasteiger partial charge in [0.25, 0.3) is 0 Å². The number of carboxylic acids is 2. The molecule has 0 bridgehead atoms. The van der Waals surface area contributed by atoms with Gasteiger partial charge in [0.2, 0.25) is 5.91 Å². The Balaban J connectivity index is 0.000000368. The zero-order valence-electron chi connectivity index (χ0n) is 49.1. The number of nitrogens with two attached hydrogens (primary N) is 1. The van der Waals surface area contributed by atoms with E-state index in [1.54, 1.807) is 18.5 Å². The molecule has 0 saturated heterocycles. The second-order valence-corrected chi connectivity index (χ2v) is 21.8. The van der Waals surface area contributed by atoms with Crippen molar-refractivity contribution < 1.29 is 55.7 Å². The number of unbranched alkanes of at least 4 members (excludes halogenated alkanes) is 2. The fourth-order valence-electron chi connectivity index (χ4n) is 8.66. The molecule has 7 rings (SSSR count). The van der Waals surface area contributed by atoms with Gasteiger partial charge < -0.3 is 21.3 Å². The number of carbonyl (C=O) groups is 3. The maximum absolute atomic E-state index is 12.2. The third kappa shape index (κ3) is 24.3. The van der Waals surface area contributed by atoms with Crippen molar-refractivity contribution in [3.05, 3.63) is 185 Å². The third-order valence-electron chi connectivity index (χ3n) is 14.2. The van der Waals surface area contributed by atoms with Crippen LogP contribution in [0, 0.1) is 31.1 Å². The van der Waals surface area contributed by atoms with E-state index in [-0.39, 0.29) is 66.1 Å². The largest absolute Gasteiger partial charge is 0.481 e. The van der Waals surface area contributed by atoms with Crippen LogP contribution in [-0.2, 0) is 43.5 Å². The van der Waals surface area contributed by atoms with E-state index in [1.165, 1.54) is 66.3 Å². The van der Waals surface area contributed by atoms with Gasteiger partial charge in [0.1, 0.15) is 0 Å². The minimum absolute atomic E-state index is 0. The maximum Gasteiger partial charge on any atom is 0.307 e. The van der Waals surface area contributed by atoms with E-state index in [0.717, 1.165) is 58.7 Å². The van der Waals surface area contributed by atoms with Gasteiger partial charge in [-0.1, -0.05) is 209 Å². The van der Waals surface area contributed by atoms with Crippen molar-refractivity contribution in [3.8, 4) is 0 Å². The van der Waals surface area contributed by atoms with Gasteiger partial charge in [0.05, 0.1) is 41.2 Å². The molecular formula is C67H87BN4O5U. The van der Waals surface area contributed by atoms with Crippen molar-refractivity contribution >= 4 is 65.5 Å². The van der Waals surface area contributed by atoms with Crippen LogP contribution >= 0.6 is 0 Å². The Morgan fingerprint density at radius 2 is 1.04 bits per heavy atom. The number of rotatable bonds is 22. The molecule has 412 valence electrons. The van der Waals surface area contributed by atoms with E-state index in [9.17, 15) is 14.4 Å². The van der Waals surface area contributed by atoms with Crippen LogP contribution in [0.4, 0.5) is 11.4 Å². The smallest absolute Gasteiger partial charge is 0.307 e. The Morgan fingerprint density at radius 3 is 1.51 bits per heavy atom. The Hall–Kier alpha value is -6.01. The van der Waals surface area contributed by atoms with Crippen molar-refractivity contribution in [2.45, 2.75) is 168 Å². The zero-order valence-corrected chi connectivity index (χ0v) is 52.2. The van der Waals surface area contributed by atoms with Crippen molar-refractivity contribution in [3.63, 3.8) is 0 Å². The summed E-state index contributed by atoms with van der Waals surface area (Å²) in [6.45, 7) is 20.3. The van der Waals surface area contributed by atoms with Crippen molar-refractivity contribution in [2.24, 2.45) is 0 Å². The van der Waals surface area contributed by atoms with E-state index >= 15 is 0 Å². The van der Waals surface area contributed by atoms with Crippen LogP contribution in [0.3, 0.4) is 0 Å². The molecule has 2 heterocycles. The zero-order chi connectivity index (χ0) is 57.6. The normalized spacial score (nSPS) is 11.2. The first-order valence-corrected chi connectivity index (χ1v) is 27.4. The van der Waals surface area contributed by atoms with Gasteiger partial charge in [-0.05, 0) is 120 Å². The SMILES string of the molecule is CCC(C)(C)c1ccc(CCCC(=O)Nc2cnc3ccccc3c2)cc1.CCCCC(C)(C)c1ccc(/C=C/CC(=O)O)cc1.CCCCC(C)(C)c1ccc(CCCC(=O)O)cc1.Nc1cnc2ccccc2c1.[3H][B].[U]. The number of benzene rings is 5. The molecule has 0 aliphatic heterocycles. The average molecular weight is 1280 g/mol. The van der Waals surface area contributed by atoms with E-state index in [1.807, 2.05) is 66.7 Å². The topological polar surface area (TPSA) is 156 Å². The van der Waals surface area contributed by atoms with Crippen LogP contribution in [0.15, 0.2) is 152 Å². The standard InChI is InChI=1S/C24H28N2O.C17H26O2.C17H24O2.C9H8N2.BH.U/c1-4-24(2,3)20-14-12-18(13-15-20)8-7-11-23(27)26-21-16-19-9-5-6-10-22(19)25-17-21;2*1-4-5-13-17(2,3)15-11-9-14(10-12-15)7-6-8-16(18)19;10-8-5-7-3-1-2-4-9(7)11-6-8;;/h5-6,9-10,12-17H,4,7-8,11H2,1-3H3,(H,26,27);9-12H,4-8,13H2,1-3H3,(H,18,19);6-7,9-12H,4-5,8,13H2,1-3H3,(H,18,19);1-6H,10H2;1H;/b;;7-6+;;;/i;;;;1T;. The number of amides is 1. The summed E-state index contributed by atoms with van der Waals surface area (Å²) < 4.78 is 5.25. The number of hydrogen-bond acceptors (Lipinski definition) is 6. The molecule has 0 aliphatic carbocycles. The van der Waals surface area contributed by atoms with Gasteiger partial charge in [-0.15, -0.1) is 0 Å². The molecule has 0 aliphatic rings. The molecule has 9 nitrogen and oxygen atoms in total. The number of aromatic nitrogens is 2. The minimum Gasteiger partial charge on any atom is -0.481 e. The molecule has 2 radical (unpaired) electrons. The summed E-state index contributed by atoms with van der Waals surface area (Å²) >= 11 is 0. The third-order valence-corrected chi connectivity index (χ3v) is 14.2. The van der Waals surface area contributed by atoms with Crippen LogP contribution < -0.4 is 11.1 Å². The average Bonchev–Trinajstić information content (AvgIpc) is 3.43. The number of pyridine rings is 2. The Kier molecular flexibility index (Phi) is 29.5. The molecule has 0 unspecified atom stereocenters. The molecule has 11 heteroatoms. The molecule has 5 N–H and O–H groups in total. The summed E-state index contributed by atoms with van der Waals surface area (Å²) in [6.07, 6.45) is 19.6. The van der Waals surface area contributed by atoms with Crippen LogP contribution in [-0.4, -0.2) is 47.7 Å². The Bertz CT molecular complexity index is 2910. The molecule has 7 aromatic rings. The van der Waals surface area contributed by atoms with Gasteiger partial charge in [-0.3, -0.25) is 24.4 Å². The maximum atomic E-state index is 12.2. The molecule has 78 heavy (non-hydrogen) atoms. The summed E-state index contributed by atoms with van der Waals surface area (Å²) in [5.41, 5.74) is 17.3. The van der Waals surface area contributed by atoms with Gasteiger partial charge >= 0.3 is 11.9 Å². The molecule has 0 saturated carbocycles. The summed E-state index contributed by atoms with van der Waals surface area (Å²) in [7, 11) is 3.75. The molecule has 0 fully saturated rings. The van der Waals surface area contributed by atoms with E-state index in [2.05, 4.69) is 159 Å².